The van der Waals surface area contributed by atoms with Gasteiger partial charge in [0.05, 0.1) is 13.2 Å². The lowest BCUT2D eigenvalue weighted by molar-refractivity contribution is 0.141. The average molecular weight is 235 g/mol. The number of rotatable bonds is 5. The van der Waals surface area contributed by atoms with Gasteiger partial charge in [0.15, 0.2) is 0 Å². The Morgan fingerprint density at radius 1 is 1.53 bits per heavy atom. The van der Waals surface area contributed by atoms with Crippen molar-refractivity contribution < 1.29 is 9.47 Å². The molecular weight excluding hydrogens is 214 g/mol. The van der Waals surface area contributed by atoms with Gasteiger partial charge >= 0.3 is 0 Å². The summed E-state index contributed by atoms with van der Waals surface area (Å²) in [5.41, 5.74) is 7.20. The third kappa shape index (κ3) is 3.72. The topological polar surface area (TPSA) is 44.5 Å². The van der Waals surface area contributed by atoms with Crippen molar-refractivity contribution >= 4 is 0 Å². The average Bonchev–Trinajstić information content (AvgIpc) is 2.82. The van der Waals surface area contributed by atoms with Gasteiger partial charge in [0.2, 0.25) is 0 Å². The predicted molar refractivity (Wildman–Crippen MR) is 68.3 cm³/mol. The van der Waals surface area contributed by atoms with Crippen molar-refractivity contribution in [2.24, 2.45) is 5.73 Å². The highest BCUT2D eigenvalue weighted by Crippen LogP contribution is 2.19. The van der Waals surface area contributed by atoms with Crippen LogP contribution in [-0.4, -0.2) is 25.4 Å². The molecule has 0 bridgehead atoms. The number of benzene rings is 1. The van der Waals surface area contributed by atoms with Crippen LogP contribution in [0.4, 0.5) is 0 Å². The van der Waals surface area contributed by atoms with E-state index in [9.17, 15) is 0 Å². The Labute approximate surface area is 103 Å². The SMILES string of the molecule is CCC(N)Cc1cccc(OC2CCOC2)c1. The van der Waals surface area contributed by atoms with Crippen molar-refractivity contribution in [2.45, 2.75) is 38.3 Å². The van der Waals surface area contributed by atoms with Gasteiger partial charge in [-0.15, -0.1) is 0 Å². The second-order valence-electron chi connectivity index (χ2n) is 4.62. The van der Waals surface area contributed by atoms with Crippen molar-refractivity contribution in [1.82, 2.24) is 0 Å². The zero-order valence-electron chi connectivity index (χ0n) is 10.4. The summed E-state index contributed by atoms with van der Waals surface area (Å²) in [6, 6.07) is 8.46. The quantitative estimate of drug-likeness (QED) is 0.850. The highest BCUT2D eigenvalue weighted by atomic mass is 16.5. The molecule has 2 N–H and O–H groups in total. The van der Waals surface area contributed by atoms with E-state index in [4.69, 9.17) is 15.2 Å². The largest absolute Gasteiger partial charge is 0.488 e. The molecule has 1 aliphatic heterocycles. The van der Waals surface area contributed by atoms with Crippen molar-refractivity contribution in [3.63, 3.8) is 0 Å². The van der Waals surface area contributed by atoms with Crippen molar-refractivity contribution in [3.05, 3.63) is 29.8 Å². The Hall–Kier alpha value is -1.06. The molecule has 1 aliphatic rings. The minimum absolute atomic E-state index is 0.213. The van der Waals surface area contributed by atoms with Crippen LogP contribution in [0.15, 0.2) is 24.3 Å². The number of nitrogens with two attached hydrogens (primary N) is 1. The van der Waals surface area contributed by atoms with Crippen LogP contribution in [0.5, 0.6) is 5.75 Å². The van der Waals surface area contributed by atoms with E-state index in [1.54, 1.807) is 0 Å². The molecule has 3 nitrogen and oxygen atoms in total. The second kappa shape index (κ2) is 6.03. The van der Waals surface area contributed by atoms with Gasteiger partial charge in [0, 0.05) is 12.5 Å². The number of hydrogen-bond acceptors (Lipinski definition) is 3. The molecule has 1 aromatic carbocycles. The molecule has 0 saturated carbocycles. The van der Waals surface area contributed by atoms with Gasteiger partial charge in [0.25, 0.3) is 0 Å². The molecule has 1 fully saturated rings. The van der Waals surface area contributed by atoms with E-state index in [0.717, 1.165) is 31.6 Å². The van der Waals surface area contributed by atoms with Gasteiger partial charge < -0.3 is 15.2 Å². The van der Waals surface area contributed by atoms with Crippen LogP contribution >= 0.6 is 0 Å². The monoisotopic (exact) mass is 235 g/mol. The molecule has 1 heterocycles. The predicted octanol–water partition coefficient (Wildman–Crippen LogP) is 2.13. The van der Waals surface area contributed by atoms with Crippen LogP contribution < -0.4 is 10.5 Å². The number of ether oxygens (including phenoxy) is 2. The first-order chi connectivity index (χ1) is 8.28. The maximum Gasteiger partial charge on any atom is 0.124 e. The van der Waals surface area contributed by atoms with E-state index in [1.807, 2.05) is 12.1 Å². The Kier molecular flexibility index (Phi) is 4.40. The first kappa shape index (κ1) is 12.4. The summed E-state index contributed by atoms with van der Waals surface area (Å²) in [6.07, 6.45) is 3.11. The van der Waals surface area contributed by atoms with E-state index in [0.29, 0.717) is 6.61 Å². The molecule has 0 aromatic heterocycles. The smallest absolute Gasteiger partial charge is 0.124 e. The minimum Gasteiger partial charge on any atom is -0.488 e. The van der Waals surface area contributed by atoms with Gasteiger partial charge in [0.1, 0.15) is 11.9 Å². The molecule has 0 radical (unpaired) electrons. The summed E-state index contributed by atoms with van der Waals surface area (Å²) in [4.78, 5) is 0. The van der Waals surface area contributed by atoms with E-state index in [1.165, 1.54) is 5.56 Å². The lowest BCUT2D eigenvalue weighted by atomic mass is 10.0. The third-order valence-corrected chi connectivity index (χ3v) is 3.11. The van der Waals surface area contributed by atoms with E-state index in [2.05, 4.69) is 19.1 Å². The summed E-state index contributed by atoms with van der Waals surface area (Å²) in [7, 11) is 0. The highest BCUT2D eigenvalue weighted by Gasteiger charge is 2.17. The molecule has 0 amide bonds. The highest BCUT2D eigenvalue weighted by molar-refractivity contribution is 5.29. The van der Waals surface area contributed by atoms with Gasteiger partial charge in [-0.2, -0.15) is 0 Å². The summed E-state index contributed by atoms with van der Waals surface area (Å²) >= 11 is 0. The van der Waals surface area contributed by atoms with Crippen LogP contribution in [0, 0.1) is 0 Å². The fraction of sp³-hybridized carbons (Fsp3) is 0.571. The van der Waals surface area contributed by atoms with Gasteiger partial charge in [-0.05, 0) is 30.5 Å². The molecular formula is C14H21NO2. The van der Waals surface area contributed by atoms with Crippen molar-refractivity contribution in [3.8, 4) is 5.75 Å². The van der Waals surface area contributed by atoms with E-state index < -0.39 is 0 Å². The molecule has 0 aliphatic carbocycles. The zero-order valence-corrected chi connectivity index (χ0v) is 10.4. The first-order valence-electron chi connectivity index (χ1n) is 6.37. The van der Waals surface area contributed by atoms with Crippen LogP contribution in [0.3, 0.4) is 0 Å². The van der Waals surface area contributed by atoms with E-state index >= 15 is 0 Å². The fourth-order valence-electron chi connectivity index (χ4n) is 1.99. The molecule has 2 atom stereocenters. The Morgan fingerprint density at radius 3 is 3.12 bits per heavy atom. The normalized spacial score (nSPS) is 21.4. The van der Waals surface area contributed by atoms with Crippen LogP contribution in [0.2, 0.25) is 0 Å². The molecule has 2 unspecified atom stereocenters. The standard InChI is InChI=1S/C14H21NO2/c1-2-12(15)8-11-4-3-5-13(9-11)17-14-6-7-16-10-14/h3-5,9,12,14H,2,6-8,10,15H2,1H3. The minimum atomic E-state index is 0.213. The van der Waals surface area contributed by atoms with Crippen molar-refractivity contribution in [1.29, 1.82) is 0 Å². The zero-order chi connectivity index (χ0) is 12.1. The van der Waals surface area contributed by atoms with Crippen LogP contribution in [-0.2, 0) is 11.2 Å². The summed E-state index contributed by atoms with van der Waals surface area (Å²) in [6.45, 7) is 3.63. The summed E-state index contributed by atoms with van der Waals surface area (Å²) in [5, 5.41) is 0. The lowest BCUT2D eigenvalue weighted by Gasteiger charge is -2.14. The maximum absolute atomic E-state index is 5.96. The third-order valence-electron chi connectivity index (χ3n) is 3.11. The van der Waals surface area contributed by atoms with E-state index in [-0.39, 0.29) is 12.1 Å². The van der Waals surface area contributed by atoms with Gasteiger partial charge in [-0.3, -0.25) is 0 Å². The maximum atomic E-state index is 5.96. The Bertz CT molecular complexity index is 348. The molecule has 17 heavy (non-hydrogen) atoms. The second-order valence-corrected chi connectivity index (χ2v) is 4.62. The molecule has 2 rings (SSSR count). The van der Waals surface area contributed by atoms with Crippen molar-refractivity contribution in [2.75, 3.05) is 13.2 Å². The summed E-state index contributed by atoms with van der Waals surface area (Å²) < 4.78 is 11.2. The fourth-order valence-corrected chi connectivity index (χ4v) is 1.99. The van der Waals surface area contributed by atoms with Crippen LogP contribution in [0.1, 0.15) is 25.3 Å². The molecule has 94 valence electrons. The Morgan fingerprint density at radius 2 is 2.41 bits per heavy atom. The number of hydrogen-bond donors (Lipinski definition) is 1. The molecule has 1 aromatic rings. The molecule has 3 heteroatoms. The van der Waals surface area contributed by atoms with Crippen LogP contribution in [0.25, 0.3) is 0 Å². The van der Waals surface area contributed by atoms with Gasteiger partial charge in [-0.25, -0.2) is 0 Å². The molecule has 0 spiro atoms. The summed E-state index contributed by atoms with van der Waals surface area (Å²) in [5.74, 6) is 0.932. The Balaban J connectivity index is 1.95. The first-order valence-corrected chi connectivity index (χ1v) is 6.37. The lowest BCUT2D eigenvalue weighted by Crippen LogP contribution is -2.21. The molecule has 1 saturated heterocycles. The van der Waals surface area contributed by atoms with Gasteiger partial charge in [-0.1, -0.05) is 19.1 Å².